The van der Waals surface area contributed by atoms with Gasteiger partial charge in [-0.1, -0.05) is 206 Å². The molecule has 0 aliphatic carbocycles. The van der Waals surface area contributed by atoms with Gasteiger partial charge >= 0.3 is 0 Å². The Balaban J connectivity index is 0.911. The molecular weight excluding hydrogens is 1310 g/mol. The molecule has 0 bridgehead atoms. The molecule has 5 aliphatic rings. The van der Waals surface area contributed by atoms with E-state index in [1.807, 2.05) is 189 Å². The van der Waals surface area contributed by atoms with Crippen molar-refractivity contribution < 1.29 is 85.9 Å². The van der Waals surface area contributed by atoms with Crippen molar-refractivity contribution in [3.8, 4) is 11.5 Å². The lowest BCUT2D eigenvalue weighted by atomic mass is 9.92. The molecule has 3 fully saturated rings. The molecule has 20 heteroatoms. The van der Waals surface area contributed by atoms with E-state index in [1.54, 1.807) is 72.8 Å². The van der Waals surface area contributed by atoms with Crippen LogP contribution in [0.5, 0.6) is 11.5 Å². The van der Waals surface area contributed by atoms with Gasteiger partial charge < -0.3 is 66.7 Å². The Hall–Kier alpha value is -9.62. The maximum absolute atomic E-state index is 15.4. The molecule has 4 amide bonds. The fraction of sp³-hybridized carbons (Fsp3) is 0.301. The van der Waals surface area contributed by atoms with Gasteiger partial charge in [-0.2, -0.15) is 0 Å². The summed E-state index contributed by atoms with van der Waals surface area (Å²) in [5.74, 6) is -2.02. The highest BCUT2D eigenvalue weighted by Crippen LogP contribution is 2.42. The van der Waals surface area contributed by atoms with Gasteiger partial charge in [0.05, 0.1) is 88.3 Å². The van der Waals surface area contributed by atoms with E-state index in [0.29, 0.717) is 16.9 Å². The van der Waals surface area contributed by atoms with E-state index in [9.17, 15) is 5.11 Å². The smallest absolute Gasteiger partial charge is 0.262 e. The lowest BCUT2D eigenvalue weighted by Gasteiger charge is -2.52. The first-order valence-corrected chi connectivity index (χ1v) is 34.6. The maximum Gasteiger partial charge on any atom is 0.262 e. The van der Waals surface area contributed by atoms with Gasteiger partial charge in [0, 0.05) is 0 Å². The van der Waals surface area contributed by atoms with Crippen molar-refractivity contribution in [3.05, 3.63) is 310 Å². The van der Waals surface area contributed by atoms with Crippen LogP contribution in [0.4, 0.5) is 0 Å². The summed E-state index contributed by atoms with van der Waals surface area (Å²) >= 11 is 0. The van der Waals surface area contributed by atoms with Crippen LogP contribution in [-0.2, 0) is 91.7 Å². The van der Waals surface area contributed by atoms with E-state index < -0.39 is 122 Å². The molecule has 9 aromatic rings. The fourth-order valence-electron chi connectivity index (χ4n) is 13.9. The minimum absolute atomic E-state index is 0.0916. The highest BCUT2D eigenvalue weighted by molar-refractivity contribution is 6.22. The number of carbonyl (C=O) groups excluding carboxylic acids is 4. The molecular formula is C83H80N2O18. The number of fused-ring (bicyclic) bond motifs is 2. The van der Waals surface area contributed by atoms with Crippen LogP contribution < -0.4 is 9.47 Å². The molecule has 0 radical (unpaired) electrons. The van der Waals surface area contributed by atoms with Crippen LogP contribution >= 0.6 is 0 Å². The van der Waals surface area contributed by atoms with Gasteiger partial charge in [-0.3, -0.25) is 29.0 Å². The third kappa shape index (κ3) is 16.1. The molecule has 5 aliphatic heterocycles. The molecule has 15 unspecified atom stereocenters. The summed E-state index contributed by atoms with van der Waals surface area (Å²) in [6, 6.07) is 73.7. The largest absolute Gasteiger partial charge is 0.497 e. The van der Waals surface area contributed by atoms with Crippen LogP contribution in [0.3, 0.4) is 0 Å². The van der Waals surface area contributed by atoms with Crippen LogP contribution in [-0.4, -0.2) is 151 Å². The summed E-state index contributed by atoms with van der Waals surface area (Å²) in [4.78, 5) is 63.6. The van der Waals surface area contributed by atoms with Gasteiger partial charge in [-0.25, -0.2) is 0 Å². The minimum Gasteiger partial charge on any atom is -0.497 e. The van der Waals surface area contributed by atoms with E-state index in [1.165, 1.54) is 7.11 Å². The SMILES string of the molecule is COc1ccc(OC2OC(COC3OC(C)C(OCc4ccccc4)C(OCc4ccccc4)C3OCc3ccccc3)C(OC3OC(COCc4ccccc4)C(O)C(OCc4ccccc4)C3N3C(=O)c4ccccc4C3=O)C(OCc3ccccc3)C2N2C(=O)c3ccccc3C2=O)cc1. The molecule has 3 saturated heterocycles. The van der Waals surface area contributed by atoms with Crippen molar-refractivity contribution in [2.24, 2.45) is 0 Å². The number of methoxy groups -OCH3 is 1. The summed E-state index contributed by atoms with van der Waals surface area (Å²) in [5, 5.41) is 13.0. The number of hydrogen-bond acceptors (Lipinski definition) is 18. The zero-order valence-corrected chi connectivity index (χ0v) is 56.8. The third-order valence-electron chi connectivity index (χ3n) is 19.1. The number of benzene rings is 9. The quantitative estimate of drug-likeness (QED) is 0.0431. The lowest BCUT2D eigenvalue weighted by Crippen LogP contribution is -2.71. The second kappa shape index (κ2) is 33.2. The average Bonchev–Trinajstić information content (AvgIpc) is 1.66. The lowest BCUT2D eigenvalue weighted by molar-refractivity contribution is -0.354. The molecule has 14 rings (SSSR count). The maximum atomic E-state index is 15.4. The number of aliphatic hydroxyl groups excluding tert-OH is 1. The summed E-state index contributed by atoms with van der Waals surface area (Å²) in [7, 11) is 1.54. The van der Waals surface area contributed by atoms with Gasteiger partial charge in [0.25, 0.3) is 23.6 Å². The number of ether oxygens (including phenoxy) is 13. The molecule has 0 aromatic heterocycles. The number of carbonyl (C=O) groups is 4. The van der Waals surface area contributed by atoms with Crippen LogP contribution in [0.1, 0.15) is 81.7 Å². The Morgan fingerprint density at radius 3 is 1.14 bits per heavy atom. The monoisotopic (exact) mass is 1390 g/mol. The van der Waals surface area contributed by atoms with Crippen LogP contribution in [0.25, 0.3) is 0 Å². The molecule has 103 heavy (non-hydrogen) atoms. The zero-order valence-electron chi connectivity index (χ0n) is 56.8. The summed E-state index contributed by atoms with van der Waals surface area (Å²) in [6.45, 7) is 1.48. The van der Waals surface area contributed by atoms with Crippen molar-refractivity contribution in [1.29, 1.82) is 0 Å². The van der Waals surface area contributed by atoms with E-state index >= 15 is 19.2 Å². The van der Waals surface area contributed by atoms with Crippen LogP contribution in [0.15, 0.2) is 255 Å². The molecule has 0 spiro atoms. The first-order chi connectivity index (χ1) is 50.5. The number of aliphatic hydroxyl groups is 1. The van der Waals surface area contributed by atoms with Crippen molar-refractivity contribution in [3.63, 3.8) is 0 Å². The fourth-order valence-corrected chi connectivity index (χ4v) is 13.9. The molecule has 1 N–H and O–H groups in total. The predicted octanol–water partition coefficient (Wildman–Crippen LogP) is 11.5. The van der Waals surface area contributed by atoms with Crippen molar-refractivity contribution in [2.75, 3.05) is 20.3 Å². The first-order valence-electron chi connectivity index (χ1n) is 34.6. The predicted molar refractivity (Wildman–Crippen MR) is 375 cm³/mol. The number of amides is 4. The molecule has 530 valence electrons. The van der Waals surface area contributed by atoms with Gasteiger partial charge in [0.1, 0.15) is 78.5 Å². The highest BCUT2D eigenvalue weighted by atomic mass is 16.8. The summed E-state index contributed by atoms with van der Waals surface area (Å²) in [6.07, 6.45) is -16.8. The average molecular weight is 1390 g/mol. The molecule has 0 saturated carbocycles. The Morgan fingerprint density at radius 2 is 0.699 bits per heavy atom. The Morgan fingerprint density at radius 1 is 0.340 bits per heavy atom. The molecule has 20 nitrogen and oxygen atoms in total. The van der Waals surface area contributed by atoms with E-state index in [-0.39, 0.29) is 74.3 Å². The second-order valence-electron chi connectivity index (χ2n) is 25.9. The zero-order chi connectivity index (χ0) is 70.6. The topological polar surface area (TPSA) is 215 Å². The van der Waals surface area contributed by atoms with Crippen molar-refractivity contribution in [1.82, 2.24) is 9.80 Å². The summed E-state index contributed by atoms with van der Waals surface area (Å²) in [5.41, 5.74) is 5.34. The Kier molecular flexibility index (Phi) is 22.7. The van der Waals surface area contributed by atoms with Crippen molar-refractivity contribution in [2.45, 2.75) is 139 Å². The molecule has 15 atom stereocenters. The van der Waals surface area contributed by atoms with Crippen molar-refractivity contribution >= 4 is 23.6 Å². The second-order valence-corrected chi connectivity index (χ2v) is 25.9. The van der Waals surface area contributed by atoms with Gasteiger partial charge in [0.2, 0.25) is 6.29 Å². The van der Waals surface area contributed by atoms with E-state index in [2.05, 4.69) is 0 Å². The number of nitrogens with zero attached hydrogens (tertiary/aromatic N) is 2. The van der Waals surface area contributed by atoms with Gasteiger partial charge in [0.15, 0.2) is 12.6 Å². The van der Waals surface area contributed by atoms with Gasteiger partial charge in [-0.15, -0.1) is 0 Å². The first kappa shape index (κ1) is 70.4. The Bertz CT molecular complexity index is 4190. The number of hydrogen-bond donors (Lipinski definition) is 1. The van der Waals surface area contributed by atoms with Crippen LogP contribution in [0, 0.1) is 0 Å². The molecule has 5 heterocycles. The van der Waals surface area contributed by atoms with Crippen LogP contribution in [0.2, 0.25) is 0 Å². The highest BCUT2D eigenvalue weighted by Gasteiger charge is 2.61. The molecule has 9 aromatic carbocycles. The van der Waals surface area contributed by atoms with E-state index in [4.69, 9.17) is 61.6 Å². The third-order valence-corrected chi connectivity index (χ3v) is 19.1. The summed E-state index contributed by atoms with van der Waals surface area (Å²) < 4.78 is 90.4. The van der Waals surface area contributed by atoms with Gasteiger partial charge in [-0.05, 0) is 88.8 Å². The number of rotatable bonds is 29. The number of imide groups is 2. The Labute approximate surface area is 597 Å². The standard InChI is InChI=1S/C83H80N2O18/c1-53-71(93-46-55-27-11-4-12-28-55)75(96-49-58-33-17-7-18-34-58)76(97-50-59-35-19-8-20-36-59)83(99-53)98-52-67-72(74(95-48-57-31-15-6-16-32-57)69(81(102-67)100-61-43-41-60(91-2)42-44-61)85-79(89)64-39-23-24-40-65(64)80(85)90)103-82-68(84-77(87)62-37-21-22-38-63(62)78(84)88)73(94-47-56-29-13-5-14-30-56)70(86)66(101-82)51-92-45-54-25-9-3-10-26-54/h3-44,53,66-76,81-83,86H,45-52H2,1-2H3. The normalized spacial score (nSPS) is 26.1. The van der Waals surface area contributed by atoms with E-state index in [0.717, 1.165) is 32.1 Å². The minimum atomic E-state index is -1.77.